The van der Waals surface area contributed by atoms with Crippen molar-refractivity contribution < 1.29 is 14.4 Å². The molecule has 0 radical (unpaired) electrons. The highest BCUT2D eigenvalue weighted by atomic mass is 16.2. The number of carbonyl (C=O) groups excluding carboxylic acids is 3. The summed E-state index contributed by atoms with van der Waals surface area (Å²) in [6.45, 7) is 3.23. The van der Waals surface area contributed by atoms with Crippen molar-refractivity contribution in [3.63, 3.8) is 0 Å². The Morgan fingerprint density at radius 3 is 2.37 bits per heavy atom. The molecule has 2 unspecified atom stereocenters. The van der Waals surface area contributed by atoms with Crippen molar-refractivity contribution in [3.8, 4) is 0 Å². The van der Waals surface area contributed by atoms with Gasteiger partial charge in [0.05, 0.1) is 17.0 Å². The average Bonchev–Trinajstić information content (AvgIpc) is 2.61. The van der Waals surface area contributed by atoms with Crippen molar-refractivity contribution in [1.82, 2.24) is 4.90 Å². The molecule has 1 aromatic carbocycles. The van der Waals surface area contributed by atoms with Gasteiger partial charge in [-0.2, -0.15) is 0 Å². The number of nitrogens with two attached hydrogens (primary N) is 2. The van der Waals surface area contributed by atoms with E-state index in [4.69, 9.17) is 11.5 Å². The number of hydrogen-bond acceptors (Lipinski definition) is 5. The fourth-order valence-electron chi connectivity index (χ4n) is 1.94. The van der Waals surface area contributed by atoms with Gasteiger partial charge in [-0.15, -0.1) is 0 Å². The van der Waals surface area contributed by atoms with Gasteiger partial charge in [-0.25, -0.2) is 4.90 Å². The van der Waals surface area contributed by atoms with Crippen LogP contribution in [-0.2, 0) is 4.79 Å². The molecule has 6 heteroatoms. The van der Waals surface area contributed by atoms with E-state index in [1.807, 2.05) is 0 Å². The Kier molecular flexibility index (Phi) is 3.11. The van der Waals surface area contributed by atoms with Crippen molar-refractivity contribution in [2.45, 2.75) is 19.9 Å². The number of rotatable bonds is 2. The van der Waals surface area contributed by atoms with Gasteiger partial charge in [-0.1, -0.05) is 13.0 Å². The van der Waals surface area contributed by atoms with Crippen molar-refractivity contribution >= 4 is 23.4 Å². The number of amides is 3. The SMILES string of the molecule is CC(N)C(C)C(=O)N1C(=O)c2cccc(N)c2C1=O. The van der Waals surface area contributed by atoms with Gasteiger partial charge in [-0.3, -0.25) is 14.4 Å². The third-order valence-electron chi connectivity index (χ3n) is 3.35. The maximum Gasteiger partial charge on any atom is 0.270 e. The van der Waals surface area contributed by atoms with Gasteiger partial charge in [0.15, 0.2) is 0 Å². The lowest BCUT2D eigenvalue weighted by Gasteiger charge is -2.19. The quantitative estimate of drug-likeness (QED) is 0.591. The minimum absolute atomic E-state index is 0.0951. The number of imide groups is 3. The summed E-state index contributed by atoms with van der Waals surface area (Å²) in [6.07, 6.45) is 0. The van der Waals surface area contributed by atoms with Crippen LogP contribution in [0, 0.1) is 5.92 Å². The van der Waals surface area contributed by atoms with Crippen LogP contribution in [0.5, 0.6) is 0 Å². The van der Waals surface area contributed by atoms with Crippen LogP contribution in [0.2, 0.25) is 0 Å². The smallest absolute Gasteiger partial charge is 0.270 e. The number of hydrogen-bond donors (Lipinski definition) is 2. The minimum atomic E-state index is -0.671. The molecule has 0 bridgehead atoms. The van der Waals surface area contributed by atoms with Gasteiger partial charge in [0.1, 0.15) is 0 Å². The lowest BCUT2D eigenvalue weighted by molar-refractivity contribution is -0.130. The Morgan fingerprint density at radius 1 is 1.21 bits per heavy atom. The summed E-state index contributed by atoms with van der Waals surface area (Å²) < 4.78 is 0. The molecule has 100 valence electrons. The Bertz CT molecular complexity index is 580. The molecular weight excluding hydrogens is 246 g/mol. The van der Waals surface area contributed by atoms with Gasteiger partial charge in [-0.05, 0) is 19.1 Å². The largest absolute Gasteiger partial charge is 0.398 e. The third-order valence-corrected chi connectivity index (χ3v) is 3.35. The summed E-state index contributed by atoms with van der Waals surface area (Å²) in [5, 5.41) is 0. The molecule has 2 atom stereocenters. The monoisotopic (exact) mass is 261 g/mol. The number of nitrogen functional groups attached to an aromatic ring is 1. The number of anilines is 1. The third kappa shape index (κ3) is 1.90. The maximum absolute atomic E-state index is 12.2. The molecule has 2 rings (SSSR count). The van der Waals surface area contributed by atoms with Gasteiger partial charge in [0.2, 0.25) is 5.91 Å². The summed E-state index contributed by atoms with van der Waals surface area (Å²) in [7, 11) is 0. The zero-order valence-corrected chi connectivity index (χ0v) is 10.7. The molecule has 0 saturated heterocycles. The lowest BCUT2D eigenvalue weighted by Crippen LogP contribution is -2.44. The maximum atomic E-state index is 12.2. The molecule has 6 nitrogen and oxygen atoms in total. The van der Waals surface area contributed by atoms with Crippen LogP contribution in [0.4, 0.5) is 5.69 Å². The van der Waals surface area contributed by atoms with E-state index in [1.54, 1.807) is 19.9 Å². The second-order valence-electron chi connectivity index (χ2n) is 4.70. The molecule has 1 heterocycles. The molecule has 0 saturated carbocycles. The van der Waals surface area contributed by atoms with E-state index in [2.05, 4.69) is 0 Å². The highest BCUT2D eigenvalue weighted by molar-refractivity contribution is 6.30. The summed E-state index contributed by atoms with van der Waals surface area (Å²) in [5.41, 5.74) is 11.8. The normalized spacial score (nSPS) is 17.3. The van der Waals surface area contributed by atoms with E-state index in [9.17, 15) is 14.4 Å². The second kappa shape index (κ2) is 4.47. The standard InChI is InChI=1S/C13H15N3O3/c1-6(7(2)14)11(17)16-12(18)8-4-3-5-9(15)10(8)13(16)19/h3-7H,14-15H2,1-2H3. The minimum Gasteiger partial charge on any atom is -0.398 e. The van der Waals surface area contributed by atoms with E-state index in [0.717, 1.165) is 0 Å². The highest BCUT2D eigenvalue weighted by Crippen LogP contribution is 2.28. The average molecular weight is 261 g/mol. The summed E-state index contributed by atoms with van der Waals surface area (Å²) >= 11 is 0. The summed E-state index contributed by atoms with van der Waals surface area (Å²) in [6, 6.07) is 4.12. The van der Waals surface area contributed by atoms with Crippen LogP contribution in [0.15, 0.2) is 18.2 Å². The van der Waals surface area contributed by atoms with Crippen molar-refractivity contribution in [2.75, 3.05) is 5.73 Å². The first kappa shape index (κ1) is 13.2. The Labute approximate surface area is 110 Å². The van der Waals surface area contributed by atoms with E-state index < -0.39 is 29.7 Å². The Balaban J connectivity index is 2.44. The van der Waals surface area contributed by atoms with Crippen LogP contribution in [0.3, 0.4) is 0 Å². The molecule has 19 heavy (non-hydrogen) atoms. The fourth-order valence-corrected chi connectivity index (χ4v) is 1.94. The van der Waals surface area contributed by atoms with Gasteiger partial charge in [0, 0.05) is 11.7 Å². The zero-order valence-electron chi connectivity index (χ0n) is 10.7. The fraction of sp³-hybridized carbons (Fsp3) is 0.308. The highest BCUT2D eigenvalue weighted by Gasteiger charge is 2.42. The molecule has 0 aromatic heterocycles. The molecule has 0 aliphatic carbocycles. The zero-order chi connectivity index (χ0) is 14.3. The van der Waals surface area contributed by atoms with Crippen LogP contribution >= 0.6 is 0 Å². The van der Waals surface area contributed by atoms with E-state index in [-0.39, 0.29) is 16.8 Å². The van der Waals surface area contributed by atoms with Crippen LogP contribution in [-0.4, -0.2) is 28.7 Å². The van der Waals surface area contributed by atoms with E-state index >= 15 is 0 Å². The number of nitrogens with zero attached hydrogens (tertiary/aromatic N) is 1. The van der Waals surface area contributed by atoms with E-state index in [0.29, 0.717) is 4.90 Å². The molecule has 1 aliphatic heterocycles. The molecule has 3 amide bonds. The summed E-state index contributed by atoms with van der Waals surface area (Å²) in [5.74, 6) is -2.52. The molecule has 4 N–H and O–H groups in total. The predicted octanol–water partition coefficient (Wildman–Crippen LogP) is 0.375. The lowest BCUT2D eigenvalue weighted by atomic mass is 10.0. The predicted molar refractivity (Wildman–Crippen MR) is 69.2 cm³/mol. The topological polar surface area (TPSA) is 106 Å². The molecule has 1 aliphatic rings. The first-order chi connectivity index (χ1) is 8.86. The van der Waals surface area contributed by atoms with Gasteiger partial charge in [0.25, 0.3) is 11.8 Å². The first-order valence-electron chi connectivity index (χ1n) is 5.93. The van der Waals surface area contributed by atoms with Crippen LogP contribution in [0.1, 0.15) is 34.6 Å². The van der Waals surface area contributed by atoms with Crippen LogP contribution < -0.4 is 11.5 Å². The van der Waals surface area contributed by atoms with Crippen molar-refractivity contribution in [3.05, 3.63) is 29.3 Å². The Morgan fingerprint density at radius 2 is 1.84 bits per heavy atom. The summed E-state index contributed by atoms with van der Waals surface area (Å²) in [4.78, 5) is 37.1. The first-order valence-corrected chi connectivity index (χ1v) is 5.93. The van der Waals surface area contributed by atoms with E-state index in [1.165, 1.54) is 12.1 Å². The second-order valence-corrected chi connectivity index (χ2v) is 4.70. The Hall–Kier alpha value is -2.21. The number of benzene rings is 1. The molecule has 0 fully saturated rings. The van der Waals surface area contributed by atoms with Crippen LogP contribution in [0.25, 0.3) is 0 Å². The number of carbonyl (C=O) groups is 3. The van der Waals surface area contributed by atoms with Crippen molar-refractivity contribution in [2.24, 2.45) is 11.7 Å². The molecule has 1 aromatic rings. The number of fused-ring (bicyclic) bond motifs is 1. The van der Waals surface area contributed by atoms with Crippen molar-refractivity contribution in [1.29, 1.82) is 0 Å². The molecular formula is C13H15N3O3. The molecule has 0 spiro atoms. The van der Waals surface area contributed by atoms with Gasteiger partial charge < -0.3 is 11.5 Å². The van der Waals surface area contributed by atoms with Gasteiger partial charge >= 0.3 is 0 Å².